The number of fused-ring (bicyclic) bond motifs is 3. The zero-order valence-electron chi connectivity index (χ0n) is 17.0. The fraction of sp³-hybridized carbons (Fsp3) is 0.381. The second kappa shape index (κ2) is 6.51. The van der Waals surface area contributed by atoms with Crippen LogP contribution in [0.15, 0.2) is 33.9 Å². The van der Waals surface area contributed by atoms with Crippen molar-refractivity contribution in [2.24, 2.45) is 14.1 Å². The molecule has 0 spiro atoms. The molecule has 0 saturated carbocycles. The van der Waals surface area contributed by atoms with Gasteiger partial charge in [-0.1, -0.05) is 43.2 Å². The van der Waals surface area contributed by atoms with Crippen molar-refractivity contribution in [3.8, 4) is 11.3 Å². The van der Waals surface area contributed by atoms with Gasteiger partial charge in [0.2, 0.25) is 5.78 Å². The summed E-state index contributed by atoms with van der Waals surface area (Å²) in [6.07, 6.45) is 2.06. The molecule has 0 atom stereocenters. The third-order valence-electron chi connectivity index (χ3n) is 5.49. The SMILES string of the molecule is CCCCn1c(-c2ccc(C)cc2)c(C)n2c3c(=O)n(C)c(=O)n(C)c3nc12. The molecule has 0 amide bonds. The lowest BCUT2D eigenvalue weighted by atomic mass is 10.1. The second-order valence-electron chi connectivity index (χ2n) is 7.43. The van der Waals surface area contributed by atoms with Crippen molar-refractivity contribution in [2.75, 3.05) is 0 Å². The fourth-order valence-electron chi connectivity index (χ4n) is 3.89. The highest BCUT2D eigenvalue weighted by molar-refractivity contribution is 5.79. The molecular formula is C21H25N5O2. The molecule has 3 heterocycles. The molecule has 0 saturated heterocycles. The molecule has 0 bridgehead atoms. The number of rotatable bonds is 4. The number of aryl methyl sites for hydroxylation is 4. The predicted octanol–water partition coefficient (Wildman–Crippen LogP) is 2.77. The molecule has 0 unspecified atom stereocenters. The zero-order valence-corrected chi connectivity index (χ0v) is 17.0. The first-order valence-corrected chi connectivity index (χ1v) is 9.61. The maximum atomic E-state index is 12.9. The lowest BCUT2D eigenvalue weighted by molar-refractivity contribution is 0.647. The third kappa shape index (κ3) is 2.46. The van der Waals surface area contributed by atoms with Gasteiger partial charge in [0.15, 0.2) is 11.2 Å². The van der Waals surface area contributed by atoms with Gasteiger partial charge in [-0.3, -0.25) is 18.3 Å². The molecule has 4 rings (SSSR count). The molecule has 0 aliphatic heterocycles. The number of hydrogen-bond acceptors (Lipinski definition) is 3. The number of imidazole rings is 2. The number of nitrogens with zero attached hydrogens (tertiary/aromatic N) is 5. The van der Waals surface area contributed by atoms with Gasteiger partial charge >= 0.3 is 5.69 Å². The largest absolute Gasteiger partial charge is 0.332 e. The van der Waals surface area contributed by atoms with E-state index in [1.165, 1.54) is 17.2 Å². The van der Waals surface area contributed by atoms with Crippen LogP contribution in [0.1, 0.15) is 31.0 Å². The first-order chi connectivity index (χ1) is 13.4. The monoisotopic (exact) mass is 379 g/mol. The average Bonchev–Trinajstić information content (AvgIpc) is 3.20. The number of benzene rings is 1. The van der Waals surface area contributed by atoms with Gasteiger partial charge in [0, 0.05) is 31.9 Å². The molecule has 28 heavy (non-hydrogen) atoms. The van der Waals surface area contributed by atoms with E-state index in [1.807, 2.05) is 11.3 Å². The van der Waals surface area contributed by atoms with Crippen molar-refractivity contribution in [1.29, 1.82) is 0 Å². The van der Waals surface area contributed by atoms with E-state index in [4.69, 9.17) is 4.98 Å². The topological polar surface area (TPSA) is 66.2 Å². The molecule has 4 aromatic rings. The van der Waals surface area contributed by atoms with Crippen LogP contribution in [-0.2, 0) is 20.6 Å². The molecule has 0 aliphatic carbocycles. The highest BCUT2D eigenvalue weighted by Crippen LogP contribution is 2.30. The van der Waals surface area contributed by atoms with Gasteiger partial charge in [0.25, 0.3) is 5.56 Å². The predicted molar refractivity (Wildman–Crippen MR) is 111 cm³/mol. The molecular weight excluding hydrogens is 354 g/mol. The van der Waals surface area contributed by atoms with Crippen molar-refractivity contribution < 1.29 is 0 Å². The first-order valence-electron chi connectivity index (χ1n) is 9.61. The van der Waals surface area contributed by atoms with Gasteiger partial charge in [-0.25, -0.2) is 4.79 Å². The van der Waals surface area contributed by atoms with Crippen LogP contribution in [0.4, 0.5) is 0 Å². The van der Waals surface area contributed by atoms with E-state index >= 15 is 0 Å². The Kier molecular flexibility index (Phi) is 4.25. The average molecular weight is 379 g/mol. The maximum absolute atomic E-state index is 12.9. The molecule has 3 aromatic heterocycles. The fourth-order valence-corrected chi connectivity index (χ4v) is 3.89. The lowest BCUT2D eigenvalue weighted by Gasteiger charge is -2.10. The van der Waals surface area contributed by atoms with Gasteiger partial charge in [-0.05, 0) is 20.3 Å². The minimum absolute atomic E-state index is 0.322. The molecule has 7 nitrogen and oxygen atoms in total. The van der Waals surface area contributed by atoms with E-state index in [2.05, 4.69) is 42.7 Å². The van der Waals surface area contributed by atoms with Gasteiger partial charge in [-0.15, -0.1) is 0 Å². The van der Waals surface area contributed by atoms with E-state index in [-0.39, 0.29) is 11.2 Å². The summed E-state index contributed by atoms with van der Waals surface area (Å²) in [6, 6.07) is 8.40. The molecule has 0 fully saturated rings. The number of unbranched alkanes of at least 4 members (excludes halogenated alkanes) is 1. The standard InChI is InChI=1S/C21H25N5O2/c1-6-7-12-25-16(15-10-8-13(2)9-11-15)14(3)26-17-18(22-20(25)26)23(4)21(28)24(5)19(17)27/h8-11H,6-7,12H2,1-5H3. The zero-order chi connectivity index (χ0) is 20.2. The van der Waals surface area contributed by atoms with E-state index < -0.39 is 0 Å². The summed E-state index contributed by atoms with van der Waals surface area (Å²) in [5, 5.41) is 0. The van der Waals surface area contributed by atoms with Crippen LogP contribution in [-0.4, -0.2) is 23.1 Å². The summed E-state index contributed by atoms with van der Waals surface area (Å²) in [6.45, 7) is 7.03. The summed E-state index contributed by atoms with van der Waals surface area (Å²) in [7, 11) is 3.16. The van der Waals surface area contributed by atoms with Crippen LogP contribution in [0.3, 0.4) is 0 Å². The first kappa shape index (κ1) is 18.3. The lowest BCUT2D eigenvalue weighted by Crippen LogP contribution is -2.37. The van der Waals surface area contributed by atoms with Crippen LogP contribution in [0.5, 0.6) is 0 Å². The van der Waals surface area contributed by atoms with Gasteiger partial charge in [0.05, 0.1) is 5.69 Å². The number of aromatic nitrogens is 5. The Hall–Kier alpha value is -3.09. The smallest absolute Gasteiger partial charge is 0.309 e. The Balaban J connectivity index is 2.16. The highest BCUT2D eigenvalue weighted by atomic mass is 16.2. The van der Waals surface area contributed by atoms with Gasteiger partial charge < -0.3 is 4.57 Å². The molecule has 0 radical (unpaired) electrons. The normalized spacial score (nSPS) is 11.8. The van der Waals surface area contributed by atoms with Crippen molar-refractivity contribution in [2.45, 2.75) is 40.2 Å². The van der Waals surface area contributed by atoms with E-state index in [9.17, 15) is 9.59 Å². The summed E-state index contributed by atoms with van der Waals surface area (Å²) < 4.78 is 6.67. The summed E-state index contributed by atoms with van der Waals surface area (Å²) in [5.41, 5.74) is 4.49. The molecule has 7 heteroatoms. The molecule has 1 aromatic carbocycles. The number of hydrogen-bond donors (Lipinski definition) is 0. The Morgan fingerprint density at radius 3 is 2.32 bits per heavy atom. The molecule has 0 N–H and O–H groups in total. The van der Waals surface area contributed by atoms with E-state index in [0.717, 1.165) is 40.9 Å². The van der Waals surface area contributed by atoms with Crippen molar-refractivity contribution in [3.05, 3.63) is 56.4 Å². The Morgan fingerprint density at radius 1 is 1.00 bits per heavy atom. The van der Waals surface area contributed by atoms with Gasteiger partial charge in [0.1, 0.15) is 0 Å². The van der Waals surface area contributed by atoms with Crippen LogP contribution in [0, 0.1) is 13.8 Å². The summed E-state index contributed by atoms with van der Waals surface area (Å²) >= 11 is 0. The van der Waals surface area contributed by atoms with E-state index in [0.29, 0.717) is 16.9 Å². The van der Waals surface area contributed by atoms with Crippen LogP contribution >= 0.6 is 0 Å². The Morgan fingerprint density at radius 2 is 1.68 bits per heavy atom. The van der Waals surface area contributed by atoms with Crippen molar-refractivity contribution in [1.82, 2.24) is 23.1 Å². The Labute approximate surface area is 162 Å². The van der Waals surface area contributed by atoms with Crippen LogP contribution in [0.25, 0.3) is 28.2 Å². The quantitative estimate of drug-likeness (QED) is 0.548. The molecule has 146 valence electrons. The highest BCUT2D eigenvalue weighted by Gasteiger charge is 2.23. The van der Waals surface area contributed by atoms with Gasteiger partial charge in [-0.2, -0.15) is 4.98 Å². The Bertz CT molecular complexity index is 1320. The van der Waals surface area contributed by atoms with Crippen molar-refractivity contribution >= 4 is 16.9 Å². The maximum Gasteiger partial charge on any atom is 0.332 e. The minimum atomic E-state index is -0.366. The summed E-state index contributed by atoms with van der Waals surface area (Å²) in [5.74, 6) is 0.704. The van der Waals surface area contributed by atoms with Crippen LogP contribution < -0.4 is 11.2 Å². The second-order valence-corrected chi connectivity index (χ2v) is 7.43. The summed E-state index contributed by atoms with van der Waals surface area (Å²) in [4.78, 5) is 30.0. The van der Waals surface area contributed by atoms with Crippen LogP contribution in [0.2, 0.25) is 0 Å². The third-order valence-corrected chi connectivity index (χ3v) is 5.49. The minimum Gasteiger partial charge on any atom is -0.309 e. The van der Waals surface area contributed by atoms with E-state index in [1.54, 1.807) is 7.05 Å². The molecule has 0 aliphatic rings. The van der Waals surface area contributed by atoms with Crippen molar-refractivity contribution in [3.63, 3.8) is 0 Å².